The molecule has 0 saturated heterocycles. The summed E-state index contributed by atoms with van der Waals surface area (Å²) in [5.41, 5.74) is 0.0217. The van der Waals surface area contributed by atoms with Crippen molar-refractivity contribution < 1.29 is 4.74 Å². The first-order valence-corrected chi connectivity index (χ1v) is 7.76. The van der Waals surface area contributed by atoms with Crippen LogP contribution in [0.5, 0.6) is 6.01 Å². The van der Waals surface area contributed by atoms with E-state index in [1.54, 1.807) is 4.57 Å². The molecule has 0 aliphatic carbocycles. The lowest BCUT2D eigenvalue weighted by molar-refractivity contribution is 0.271. The Kier molecular flexibility index (Phi) is 4.96. The van der Waals surface area contributed by atoms with Crippen LogP contribution < -0.4 is 10.3 Å². The summed E-state index contributed by atoms with van der Waals surface area (Å²) in [6, 6.07) is 2.31. The quantitative estimate of drug-likeness (QED) is 0.730. The van der Waals surface area contributed by atoms with Crippen molar-refractivity contribution >= 4 is 21.6 Å². The number of aromatic nitrogens is 2. The minimum atomic E-state index is 0.0217. The zero-order valence-corrected chi connectivity index (χ0v) is 12.3. The highest BCUT2D eigenvalue weighted by atomic mass is 32.1. The summed E-state index contributed by atoms with van der Waals surface area (Å²) in [7, 11) is 0. The van der Waals surface area contributed by atoms with Gasteiger partial charge in [-0.25, -0.2) is 0 Å². The van der Waals surface area contributed by atoms with E-state index in [0.717, 1.165) is 30.5 Å². The second-order valence-corrected chi connectivity index (χ2v) is 5.44. The standard InChI is InChI=1S/C14H20N2O2S/c1-3-5-6-8-16-13(17)11-7-10-19-12(11)15-14(16)18-9-4-2/h7,10H,3-6,8-9H2,1-2H3. The molecule has 0 radical (unpaired) electrons. The Morgan fingerprint density at radius 2 is 2.16 bits per heavy atom. The molecule has 4 nitrogen and oxygen atoms in total. The molecule has 0 spiro atoms. The van der Waals surface area contributed by atoms with E-state index < -0.39 is 0 Å². The fourth-order valence-electron chi connectivity index (χ4n) is 1.95. The van der Waals surface area contributed by atoms with Gasteiger partial charge in [0.25, 0.3) is 5.56 Å². The largest absolute Gasteiger partial charge is 0.465 e. The minimum absolute atomic E-state index is 0.0217. The van der Waals surface area contributed by atoms with Crippen LogP contribution in [0, 0.1) is 0 Å². The first-order valence-electron chi connectivity index (χ1n) is 6.88. The topological polar surface area (TPSA) is 44.1 Å². The lowest BCUT2D eigenvalue weighted by atomic mass is 10.2. The summed E-state index contributed by atoms with van der Waals surface area (Å²) >= 11 is 1.48. The number of thiophene rings is 1. The predicted molar refractivity (Wildman–Crippen MR) is 79.2 cm³/mol. The van der Waals surface area contributed by atoms with Crippen molar-refractivity contribution in [3.8, 4) is 6.01 Å². The first-order chi connectivity index (χ1) is 9.27. The summed E-state index contributed by atoms with van der Waals surface area (Å²) < 4.78 is 7.31. The van der Waals surface area contributed by atoms with Crippen LogP contribution in [0.1, 0.15) is 39.5 Å². The molecule has 0 aliphatic heterocycles. The van der Waals surface area contributed by atoms with E-state index in [9.17, 15) is 4.79 Å². The van der Waals surface area contributed by atoms with Gasteiger partial charge in [-0.3, -0.25) is 9.36 Å². The van der Waals surface area contributed by atoms with Gasteiger partial charge in [0.15, 0.2) is 0 Å². The molecular formula is C14H20N2O2S. The van der Waals surface area contributed by atoms with Gasteiger partial charge in [0.1, 0.15) is 4.83 Å². The molecule has 0 unspecified atom stereocenters. The van der Waals surface area contributed by atoms with Gasteiger partial charge in [0, 0.05) is 6.54 Å². The smallest absolute Gasteiger partial charge is 0.300 e. The highest BCUT2D eigenvalue weighted by Gasteiger charge is 2.12. The number of hydrogen-bond donors (Lipinski definition) is 0. The summed E-state index contributed by atoms with van der Waals surface area (Å²) in [4.78, 5) is 17.7. The van der Waals surface area contributed by atoms with Crippen molar-refractivity contribution in [3.63, 3.8) is 0 Å². The van der Waals surface area contributed by atoms with E-state index in [1.165, 1.54) is 11.3 Å². The zero-order valence-electron chi connectivity index (χ0n) is 11.5. The molecule has 19 heavy (non-hydrogen) atoms. The number of unbranched alkanes of at least 4 members (excludes halogenated alkanes) is 2. The van der Waals surface area contributed by atoms with Crippen molar-refractivity contribution in [1.82, 2.24) is 9.55 Å². The van der Waals surface area contributed by atoms with Crippen LogP contribution in [-0.2, 0) is 6.54 Å². The number of rotatable bonds is 7. The maximum Gasteiger partial charge on any atom is 0.300 e. The molecule has 0 saturated carbocycles. The van der Waals surface area contributed by atoms with Crippen molar-refractivity contribution in [2.45, 2.75) is 46.1 Å². The van der Waals surface area contributed by atoms with Crippen LogP contribution in [0.4, 0.5) is 0 Å². The average Bonchev–Trinajstić information content (AvgIpc) is 2.88. The van der Waals surface area contributed by atoms with Gasteiger partial charge in [-0.2, -0.15) is 4.98 Å². The SMILES string of the molecule is CCCCCn1c(OCCC)nc2sccc2c1=O. The van der Waals surface area contributed by atoms with Crippen LogP contribution in [0.2, 0.25) is 0 Å². The third-order valence-electron chi connectivity index (χ3n) is 2.97. The highest BCUT2D eigenvalue weighted by Crippen LogP contribution is 2.19. The Balaban J connectivity index is 2.36. The van der Waals surface area contributed by atoms with Crippen molar-refractivity contribution in [1.29, 1.82) is 0 Å². The van der Waals surface area contributed by atoms with Crippen LogP contribution >= 0.6 is 11.3 Å². The summed E-state index contributed by atoms with van der Waals surface area (Å²) in [6.07, 6.45) is 4.14. The van der Waals surface area contributed by atoms with Gasteiger partial charge in [-0.05, 0) is 24.3 Å². The van der Waals surface area contributed by atoms with Crippen LogP contribution in [0.25, 0.3) is 10.2 Å². The highest BCUT2D eigenvalue weighted by molar-refractivity contribution is 7.16. The predicted octanol–water partition coefficient (Wildman–Crippen LogP) is 3.44. The molecule has 0 aromatic carbocycles. The second-order valence-electron chi connectivity index (χ2n) is 4.55. The normalized spacial score (nSPS) is 11.1. The van der Waals surface area contributed by atoms with Gasteiger partial charge >= 0.3 is 6.01 Å². The first kappa shape index (κ1) is 14.1. The molecule has 0 aliphatic rings. The third-order valence-corrected chi connectivity index (χ3v) is 3.78. The van der Waals surface area contributed by atoms with Crippen LogP contribution in [0.3, 0.4) is 0 Å². The maximum atomic E-state index is 12.4. The molecule has 104 valence electrons. The van der Waals surface area contributed by atoms with E-state index in [0.29, 0.717) is 24.5 Å². The van der Waals surface area contributed by atoms with E-state index >= 15 is 0 Å². The monoisotopic (exact) mass is 280 g/mol. The molecule has 5 heteroatoms. The Labute approximate surface area is 117 Å². The number of hydrogen-bond acceptors (Lipinski definition) is 4. The maximum absolute atomic E-state index is 12.4. The van der Waals surface area contributed by atoms with E-state index in [2.05, 4.69) is 11.9 Å². The summed E-state index contributed by atoms with van der Waals surface area (Å²) in [5, 5.41) is 2.60. The number of fused-ring (bicyclic) bond motifs is 1. The average molecular weight is 280 g/mol. The molecule has 0 amide bonds. The van der Waals surface area contributed by atoms with E-state index in [1.807, 2.05) is 18.4 Å². The Hall–Kier alpha value is -1.36. The Morgan fingerprint density at radius 1 is 1.32 bits per heavy atom. The minimum Gasteiger partial charge on any atom is -0.465 e. The van der Waals surface area contributed by atoms with Gasteiger partial charge in [0.05, 0.1) is 12.0 Å². The van der Waals surface area contributed by atoms with Crippen molar-refractivity contribution in [2.24, 2.45) is 0 Å². The molecular weight excluding hydrogens is 260 g/mol. The van der Waals surface area contributed by atoms with Gasteiger partial charge in [-0.1, -0.05) is 26.7 Å². The second kappa shape index (κ2) is 6.70. The molecule has 0 bridgehead atoms. The Bertz CT molecular complexity index is 589. The zero-order chi connectivity index (χ0) is 13.7. The molecule has 0 fully saturated rings. The summed E-state index contributed by atoms with van der Waals surface area (Å²) in [5.74, 6) is 0. The molecule has 0 N–H and O–H groups in total. The molecule has 2 heterocycles. The molecule has 2 rings (SSSR count). The molecule has 0 atom stereocenters. The fraction of sp³-hybridized carbons (Fsp3) is 0.571. The van der Waals surface area contributed by atoms with Crippen molar-refractivity contribution in [2.75, 3.05) is 6.61 Å². The molecule has 2 aromatic rings. The fourth-order valence-corrected chi connectivity index (χ4v) is 2.70. The van der Waals surface area contributed by atoms with E-state index in [4.69, 9.17) is 4.74 Å². The number of ether oxygens (including phenoxy) is 1. The molecule has 2 aromatic heterocycles. The van der Waals surface area contributed by atoms with Gasteiger partial charge in [-0.15, -0.1) is 11.3 Å². The van der Waals surface area contributed by atoms with Crippen molar-refractivity contribution in [3.05, 3.63) is 21.8 Å². The van der Waals surface area contributed by atoms with E-state index in [-0.39, 0.29) is 5.56 Å². The van der Waals surface area contributed by atoms with Gasteiger partial charge in [0.2, 0.25) is 0 Å². The van der Waals surface area contributed by atoms with Crippen LogP contribution in [0.15, 0.2) is 16.2 Å². The summed E-state index contributed by atoms with van der Waals surface area (Å²) in [6.45, 7) is 5.47. The third kappa shape index (κ3) is 3.15. The Morgan fingerprint density at radius 3 is 2.89 bits per heavy atom. The lowest BCUT2D eigenvalue weighted by Crippen LogP contribution is -2.23. The number of nitrogens with zero attached hydrogens (tertiary/aromatic N) is 2. The van der Waals surface area contributed by atoms with Gasteiger partial charge < -0.3 is 4.74 Å². The lowest BCUT2D eigenvalue weighted by Gasteiger charge is -2.12. The van der Waals surface area contributed by atoms with Crippen LogP contribution in [-0.4, -0.2) is 16.2 Å².